The second-order valence-electron chi connectivity index (χ2n) is 4.96. The first-order valence-corrected chi connectivity index (χ1v) is 6.41. The van der Waals surface area contributed by atoms with Crippen LogP contribution in [0, 0.1) is 17.6 Å². The highest BCUT2D eigenvalue weighted by atomic mass is 19.1. The molecule has 0 aromatic heterocycles. The first-order valence-electron chi connectivity index (χ1n) is 6.41. The van der Waals surface area contributed by atoms with Crippen LogP contribution in [0.15, 0.2) is 18.2 Å². The standard InChI is InChI=1S/C14H17F2NO2/c1-9(13-11(15)3-2-4-12(13)16)17-7-5-10(6-8-17)14(18)19/h2-4,9-10H,5-8H2,1H3,(H,18,19). The Kier molecular flexibility index (Phi) is 4.14. The molecule has 1 heterocycles. The van der Waals surface area contributed by atoms with Crippen molar-refractivity contribution in [1.29, 1.82) is 0 Å². The van der Waals surface area contributed by atoms with Crippen LogP contribution in [0.4, 0.5) is 8.78 Å². The number of piperidine rings is 1. The molecule has 1 aromatic carbocycles. The number of carboxylic acids is 1. The molecule has 2 rings (SSSR count). The van der Waals surface area contributed by atoms with Crippen LogP contribution in [0.3, 0.4) is 0 Å². The zero-order valence-electron chi connectivity index (χ0n) is 10.8. The van der Waals surface area contributed by atoms with E-state index in [-0.39, 0.29) is 17.5 Å². The number of nitrogens with zero attached hydrogens (tertiary/aromatic N) is 1. The summed E-state index contributed by atoms with van der Waals surface area (Å²) in [5, 5.41) is 8.93. The Bertz CT molecular complexity index is 450. The molecule has 1 aromatic rings. The molecule has 5 heteroatoms. The third kappa shape index (κ3) is 2.92. The zero-order valence-corrected chi connectivity index (χ0v) is 10.8. The van der Waals surface area contributed by atoms with Gasteiger partial charge in [-0.25, -0.2) is 8.78 Å². The van der Waals surface area contributed by atoms with Crippen molar-refractivity contribution in [2.24, 2.45) is 5.92 Å². The van der Waals surface area contributed by atoms with Gasteiger partial charge in [-0.1, -0.05) is 6.07 Å². The summed E-state index contributed by atoms with van der Waals surface area (Å²) in [7, 11) is 0. The van der Waals surface area contributed by atoms with Crippen LogP contribution in [0.5, 0.6) is 0 Å². The highest BCUT2D eigenvalue weighted by Gasteiger charge is 2.29. The molecule has 3 nitrogen and oxygen atoms in total. The molecule has 1 saturated heterocycles. The Hall–Kier alpha value is -1.49. The van der Waals surface area contributed by atoms with Crippen molar-refractivity contribution in [1.82, 2.24) is 4.90 Å². The summed E-state index contributed by atoms with van der Waals surface area (Å²) in [5.74, 6) is -2.22. The monoisotopic (exact) mass is 269 g/mol. The van der Waals surface area contributed by atoms with Gasteiger partial charge in [-0.3, -0.25) is 9.69 Å². The Balaban J connectivity index is 2.09. The normalized spacial score (nSPS) is 19.3. The molecule has 1 atom stereocenters. The number of halogens is 2. The van der Waals surface area contributed by atoms with Crippen molar-refractivity contribution in [2.45, 2.75) is 25.8 Å². The van der Waals surface area contributed by atoms with Gasteiger partial charge in [0.1, 0.15) is 11.6 Å². The molecule has 1 fully saturated rings. The molecule has 0 bridgehead atoms. The van der Waals surface area contributed by atoms with Crippen LogP contribution >= 0.6 is 0 Å². The molecule has 19 heavy (non-hydrogen) atoms. The van der Waals surface area contributed by atoms with E-state index >= 15 is 0 Å². The molecule has 104 valence electrons. The van der Waals surface area contributed by atoms with E-state index in [0.717, 1.165) is 0 Å². The summed E-state index contributed by atoms with van der Waals surface area (Å²) in [4.78, 5) is 12.8. The number of carbonyl (C=O) groups is 1. The van der Waals surface area contributed by atoms with Gasteiger partial charge in [0.2, 0.25) is 0 Å². The van der Waals surface area contributed by atoms with Crippen LogP contribution in [0.1, 0.15) is 31.4 Å². The molecule has 0 aliphatic carbocycles. The Morgan fingerprint density at radius 1 is 1.32 bits per heavy atom. The molecular formula is C14H17F2NO2. The van der Waals surface area contributed by atoms with Gasteiger partial charge in [-0.05, 0) is 45.0 Å². The summed E-state index contributed by atoms with van der Waals surface area (Å²) in [6.07, 6.45) is 1.05. The Morgan fingerprint density at radius 3 is 2.32 bits per heavy atom. The van der Waals surface area contributed by atoms with E-state index in [1.165, 1.54) is 18.2 Å². The second-order valence-corrected chi connectivity index (χ2v) is 4.96. The van der Waals surface area contributed by atoms with Crippen molar-refractivity contribution in [3.8, 4) is 0 Å². The molecule has 0 radical (unpaired) electrons. The minimum absolute atomic E-state index is 0.0660. The second kappa shape index (κ2) is 5.65. The minimum Gasteiger partial charge on any atom is -0.481 e. The van der Waals surface area contributed by atoms with Gasteiger partial charge in [0, 0.05) is 11.6 Å². The number of rotatable bonds is 3. The minimum atomic E-state index is -0.788. The van der Waals surface area contributed by atoms with E-state index in [2.05, 4.69) is 0 Å². The van der Waals surface area contributed by atoms with Crippen molar-refractivity contribution in [3.63, 3.8) is 0 Å². The number of aliphatic carboxylic acids is 1. The lowest BCUT2D eigenvalue weighted by molar-refractivity contribution is -0.143. The number of hydrogen-bond acceptors (Lipinski definition) is 2. The summed E-state index contributed by atoms with van der Waals surface area (Å²) >= 11 is 0. The van der Waals surface area contributed by atoms with Crippen LogP contribution in [-0.4, -0.2) is 29.1 Å². The van der Waals surface area contributed by atoms with Crippen LogP contribution in [0.25, 0.3) is 0 Å². The predicted octanol–water partition coefficient (Wildman–Crippen LogP) is 2.82. The van der Waals surface area contributed by atoms with Gasteiger partial charge >= 0.3 is 5.97 Å². The van der Waals surface area contributed by atoms with Gasteiger partial charge in [-0.15, -0.1) is 0 Å². The Labute approximate surface area is 110 Å². The number of benzene rings is 1. The first kappa shape index (κ1) is 13.9. The molecule has 1 aliphatic rings. The molecular weight excluding hydrogens is 252 g/mol. The summed E-state index contributed by atoms with van der Waals surface area (Å²) in [5.41, 5.74) is 0.0660. The van der Waals surface area contributed by atoms with Gasteiger partial charge in [0.05, 0.1) is 5.92 Å². The van der Waals surface area contributed by atoms with Crippen LogP contribution < -0.4 is 0 Å². The number of likely N-dealkylation sites (tertiary alicyclic amines) is 1. The van der Waals surface area contributed by atoms with Crippen molar-refractivity contribution in [2.75, 3.05) is 13.1 Å². The molecule has 0 amide bonds. The fourth-order valence-electron chi connectivity index (χ4n) is 2.63. The summed E-state index contributed by atoms with van der Waals surface area (Å²) in [6, 6.07) is 3.46. The molecule has 1 unspecified atom stereocenters. The van der Waals surface area contributed by atoms with Crippen molar-refractivity contribution in [3.05, 3.63) is 35.4 Å². The average Bonchev–Trinajstić information content (AvgIpc) is 2.38. The number of carboxylic acid groups (broad SMARTS) is 1. The highest BCUT2D eigenvalue weighted by molar-refractivity contribution is 5.70. The van der Waals surface area contributed by atoms with Crippen LogP contribution in [-0.2, 0) is 4.79 Å². The largest absolute Gasteiger partial charge is 0.481 e. The molecule has 1 aliphatic heterocycles. The smallest absolute Gasteiger partial charge is 0.306 e. The SMILES string of the molecule is CC(c1c(F)cccc1F)N1CCC(C(=O)O)CC1. The highest BCUT2D eigenvalue weighted by Crippen LogP contribution is 2.29. The van der Waals surface area contributed by atoms with E-state index in [0.29, 0.717) is 25.9 Å². The lowest BCUT2D eigenvalue weighted by atomic mass is 9.94. The topological polar surface area (TPSA) is 40.5 Å². The molecule has 1 N–H and O–H groups in total. The third-order valence-corrected chi connectivity index (χ3v) is 3.84. The zero-order chi connectivity index (χ0) is 14.0. The molecule has 0 spiro atoms. The summed E-state index contributed by atoms with van der Waals surface area (Å²) in [6.45, 7) is 2.85. The average molecular weight is 269 g/mol. The van der Waals surface area contributed by atoms with E-state index in [1.807, 2.05) is 4.90 Å². The van der Waals surface area contributed by atoms with E-state index in [9.17, 15) is 13.6 Å². The van der Waals surface area contributed by atoms with Gasteiger partial charge < -0.3 is 5.11 Å². The van der Waals surface area contributed by atoms with E-state index in [1.54, 1.807) is 6.92 Å². The lowest BCUT2D eigenvalue weighted by Gasteiger charge is -2.35. The third-order valence-electron chi connectivity index (χ3n) is 3.84. The first-order chi connectivity index (χ1) is 9.00. The van der Waals surface area contributed by atoms with Crippen LogP contribution in [0.2, 0.25) is 0 Å². The van der Waals surface area contributed by atoms with Crippen molar-refractivity contribution >= 4 is 5.97 Å². The maximum absolute atomic E-state index is 13.7. The van der Waals surface area contributed by atoms with Crippen molar-refractivity contribution < 1.29 is 18.7 Å². The summed E-state index contributed by atoms with van der Waals surface area (Å²) < 4.78 is 27.4. The van der Waals surface area contributed by atoms with E-state index in [4.69, 9.17) is 5.11 Å². The fraction of sp³-hybridized carbons (Fsp3) is 0.500. The number of hydrogen-bond donors (Lipinski definition) is 1. The maximum Gasteiger partial charge on any atom is 0.306 e. The Morgan fingerprint density at radius 2 is 1.84 bits per heavy atom. The quantitative estimate of drug-likeness (QED) is 0.917. The maximum atomic E-state index is 13.7. The molecule has 0 saturated carbocycles. The van der Waals surface area contributed by atoms with E-state index < -0.39 is 17.6 Å². The predicted molar refractivity (Wildman–Crippen MR) is 66.7 cm³/mol. The van der Waals surface area contributed by atoms with Gasteiger partial charge in [0.15, 0.2) is 0 Å². The lowest BCUT2D eigenvalue weighted by Crippen LogP contribution is -2.38. The van der Waals surface area contributed by atoms with Gasteiger partial charge in [-0.2, -0.15) is 0 Å². The van der Waals surface area contributed by atoms with Gasteiger partial charge in [0.25, 0.3) is 0 Å². The fourth-order valence-corrected chi connectivity index (χ4v) is 2.63.